The van der Waals surface area contributed by atoms with Crippen molar-refractivity contribution in [1.29, 1.82) is 0 Å². The quantitative estimate of drug-likeness (QED) is 0.599. The summed E-state index contributed by atoms with van der Waals surface area (Å²) >= 11 is 3.06. The Morgan fingerprint density at radius 1 is 1.12 bits per heavy atom. The van der Waals surface area contributed by atoms with Crippen LogP contribution in [-0.4, -0.2) is 32.1 Å². The summed E-state index contributed by atoms with van der Waals surface area (Å²) in [5.74, 6) is 1.63. The molecule has 4 aromatic rings. The molecule has 1 N–H and O–H groups in total. The molecular formula is C15H14N6OS2. The van der Waals surface area contributed by atoms with Gasteiger partial charge in [-0.25, -0.2) is 4.98 Å². The van der Waals surface area contributed by atoms with E-state index in [-0.39, 0.29) is 0 Å². The zero-order valence-electron chi connectivity index (χ0n) is 13.3. The largest absolute Gasteiger partial charge is 0.497 e. The van der Waals surface area contributed by atoms with Crippen molar-refractivity contribution in [2.24, 2.45) is 0 Å². The number of nitrogens with one attached hydrogen (secondary N) is 1. The molecule has 4 rings (SSSR count). The van der Waals surface area contributed by atoms with E-state index in [1.165, 1.54) is 11.3 Å². The summed E-state index contributed by atoms with van der Waals surface area (Å²) in [7, 11) is 1.66. The van der Waals surface area contributed by atoms with Gasteiger partial charge < -0.3 is 10.1 Å². The van der Waals surface area contributed by atoms with E-state index in [2.05, 4.69) is 25.6 Å². The maximum atomic E-state index is 5.28. The lowest BCUT2D eigenvalue weighted by Crippen LogP contribution is -2.01. The minimum atomic E-state index is 0.733. The normalized spacial score (nSPS) is 11.1. The third-order valence-electron chi connectivity index (χ3n) is 3.36. The van der Waals surface area contributed by atoms with Gasteiger partial charge in [0.1, 0.15) is 16.6 Å². The number of hydrogen-bond acceptors (Lipinski definition) is 8. The topological polar surface area (TPSA) is 77.8 Å². The molecule has 3 aromatic heterocycles. The van der Waals surface area contributed by atoms with Crippen molar-refractivity contribution >= 4 is 43.8 Å². The first-order chi connectivity index (χ1) is 11.6. The fourth-order valence-electron chi connectivity index (χ4n) is 2.30. The molecule has 1 aromatic carbocycles. The van der Waals surface area contributed by atoms with E-state index < -0.39 is 0 Å². The summed E-state index contributed by atoms with van der Waals surface area (Å²) in [5.41, 5.74) is 1.82. The third kappa shape index (κ3) is 2.72. The van der Waals surface area contributed by atoms with Crippen molar-refractivity contribution in [3.8, 4) is 10.9 Å². The minimum absolute atomic E-state index is 0.733. The van der Waals surface area contributed by atoms with Gasteiger partial charge in [-0.05, 0) is 32.0 Å². The Kier molecular flexibility index (Phi) is 3.66. The van der Waals surface area contributed by atoms with Crippen LogP contribution in [0.15, 0.2) is 24.3 Å². The molecule has 122 valence electrons. The Morgan fingerprint density at radius 2 is 2.00 bits per heavy atom. The Hall–Kier alpha value is -2.52. The molecule has 0 aliphatic heterocycles. The van der Waals surface area contributed by atoms with E-state index in [9.17, 15) is 0 Å². The van der Waals surface area contributed by atoms with E-state index in [0.717, 1.165) is 42.7 Å². The number of aromatic nitrogens is 5. The van der Waals surface area contributed by atoms with Crippen LogP contribution in [0.5, 0.6) is 5.75 Å². The highest BCUT2D eigenvalue weighted by molar-refractivity contribution is 7.20. The summed E-state index contributed by atoms with van der Waals surface area (Å²) < 4.78 is 8.12. The lowest BCUT2D eigenvalue weighted by molar-refractivity contribution is 0.415. The van der Waals surface area contributed by atoms with Crippen LogP contribution in [0.25, 0.3) is 15.3 Å². The Balaban J connectivity index is 1.76. The first-order valence-corrected chi connectivity index (χ1v) is 8.84. The second kappa shape index (κ2) is 5.84. The minimum Gasteiger partial charge on any atom is -0.497 e. The number of aryl methyl sites for hydroxylation is 2. The maximum absolute atomic E-state index is 5.28. The van der Waals surface area contributed by atoms with E-state index in [1.807, 2.05) is 38.1 Å². The average molecular weight is 358 g/mol. The van der Waals surface area contributed by atoms with Crippen LogP contribution >= 0.6 is 22.7 Å². The fourth-order valence-corrected chi connectivity index (χ4v) is 3.86. The molecule has 9 heteroatoms. The van der Waals surface area contributed by atoms with Crippen molar-refractivity contribution in [3.05, 3.63) is 35.0 Å². The number of methoxy groups -OCH3 is 1. The Bertz CT molecular complexity index is 1020. The highest BCUT2D eigenvalue weighted by Crippen LogP contribution is 2.31. The first-order valence-electron chi connectivity index (χ1n) is 7.21. The van der Waals surface area contributed by atoms with Crippen molar-refractivity contribution in [2.75, 3.05) is 12.4 Å². The van der Waals surface area contributed by atoms with E-state index in [1.54, 1.807) is 23.1 Å². The number of thiazole rings is 1. The maximum Gasteiger partial charge on any atom is 0.213 e. The molecule has 0 unspecified atom stereocenters. The van der Waals surface area contributed by atoms with E-state index in [0.29, 0.717) is 0 Å². The number of nitrogens with zero attached hydrogens (tertiary/aromatic N) is 5. The number of hydrogen-bond donors (Lipinski definition) is 1. The third-order valence-corrected chi connectivity index (χ3v) is 5.11. The van der Waals surface area contributed by atoms with Crippen LogP contribution in [0.2, 0.25) is 0 Å². The highest BCUT2D eigenvalue weighted by atomic mass is 32.1. The Morgan fingerprint density at radius 3 is 2.75 bits per heavy atom. The fraction of sp³-hybridized carbons (Fsp3) is 0.200. The van der Waals surface area contributed by atoms with E-state index in [4.69, 9.17) is 4.74 Å². The van der Waals surface area contributed by atoms with Gasteiger partial charge in [-0.2, -0.15) is 9.78 Å². The van der Waals surface area contributed by atoms with Gasteiger partial charge in [-0.1, -0.05) is 22.7 Å². The van der Waals surface area contributed by atoms with Crippen LogP contribution in [0, 0.1) is 13.8 Å². The summed E-state index contributed by atoms with van der Waals surface area (Å²) in [4.78, 5) is 4.67. The molecule has 3 heterocycles. The molecule has 0 saturated heterocycles. The lowest BCUT2D eigenvalue weighted by Gasteiger charge is -2.03. The lowest BCUT2D eigenvalue weighted by atomic mass is 10.3. The zero-order chi connectivity index (χ0) is 16.7. The summed E-state index contributed by atoms with van der Waals surface area (Å²) in [6, 6.07) is 7.80. The molecule has 0 atom stereocenters. The number of ether oxygens (including phenoxy) is 1. The van der Waals surface area contributed by atoms with Gasteiger partial charge in [-0.3, -0.25) is 0 Å². The van der Waals surface area contributed by atoms with Gasteiger partial charge >= 0.3 is 0 Å². The SMILES string of the molecule is COc1ccc2nc(-n3nc(C)cc3Nc3nnc(C)s3)sc2c1. The molecule has 0 bridgehead atoms. The standard InChI is InChI=1S/C15H14N6OS2/c1-8-6-13(17-14-19-18-9(2)23-14)21(20-8)15-16-11-5-4-10(22-3)7-12(11)24-15/h4-7H,1-3H3,(H,17,19). The second-order valence-corrected chi connectivity index (χ2v) is 7.35. The summed E-state index contributed by atoms with van der Waals surface area (Å²) in [6.07, 6.45) is 0. The predicted octanol–water partition coefficient (Wildman–Crippen LogP) is 3.70. The number of benzene rings is 1. The molecule has 0 fully saturated rings. The number of rotatable bonds is 4. The van der Waals surface area contributed by atoms with Crippen molar-refractivity contribution in [3.63, 3.8) is 0 Å². The van der Waals surface area contributed by atoms with Gasteiger partial charge in [0.15, 0.2) is 0 Å². The van der Waals surface area contributed by atoms with Gasteiger partial charge in [0.2, 0.25) is 10.3 Å². The predicted molar refractivity (Wildman–Crippen MR) is 96.0 cm³/mol. The molecule has 24 heavy (non-hydrogen) atoms. The van der Waals surface area contributed by atoms with Gasteiger partial charge in [0.05, 0.1) is 23.0 Å². The molecular weight excluding hydrogens is 344 g/mol. The smallest absolute Gasteiger partial charge is 0.213 e. The monoisotopic (exact) mass is 358 g/mol. The van der Waals surface area contributed by atoms with Crippen molar-refractivity contribution in [1.82, 2.24) is 25.0 Å². The summed E-state index contributed by atoms with van der Waals surface area (Å²) in [6.45, 7) is 3.87. The van der Waals surface area contributed by atoms with Crippen LogP contribution in [0.3, 0.4) is 0 Å². The molecule has 0 amide bonds. The molecule has 0 spiro atoms. The average Bonchev–Trinajstić information content (AvgIpc) is 3.25. The second-order valence-electron chi connectivity index (χ2n) is 5.16. The van der Waals surface area contributed by atoms with E-state index >= 15 is 0 Å². The number of anilines is 2. The number of fused-ring (bicyclic) bond motifs is 1. The van der Waals surface area contributed by atoms with Crippen LogP contribution in [-0.2, 0) is 0 Å². The van der Waals surface area contributed by atoms with Gasteiger partial charge in [0.25, 0.3) is 0 Å². The molecule has 0 saturated carbocycles. The summed E-state index contributed by atoms with van der Waals surface area (Å²) in [5, 5.41) is 18.4. The van der Waals surface area contributed by atoms with Crippen LogP contribution in [0.1, 0.15) is 10.7 Å². The van der Waals surface area contributed by atoms with Gasteiger partial charge in [0, 0.05) is 6.07 Å². The molecule has 0 aliphatic rings. The van der Waals surface area contributed by atoms with Crippen LogP contribution < -0.4 is 10.1 Å². The first kappa shape index (κ1) is 15.0. The molecule has 0 aliphatic carbocycles. The molecule has 7 nitrogen and oxygen atoms in total. The van der Waals surface area contributed by atoms with Crippen molar-refractivity contribution < 1.29 is 4.74 Å². The Labute approximate surface area is 146 Å². The zero-order valence-corrected chi connectivity index (χ0v) is 14.9. The van der Waals surface area contributed by atoms with Crippen LogP contribution in [0.4, 0.5) is 10.9 Å². The van der Waals surface area contributed by atoms with Crippen molar-refractivity contribution in [2.45, 2.75) is 13.8 Å². The highest BCUT2D eigenvalue weighted by Gasteiger charge is 2.14. The molecule has 0 radical (unpaired) electrons. The van der Waals surface area contributed by atoms with Gasteiger partial charge in [-0.15, -0.1) is 10.2 Å².